The van der Waals surface area contributed by atoms with Gasteiger partial charge >= 0.3 is 17.9 Å². The lowest BCUT2D eigenvalue weighted by atomic mass is 9.95. The Morgan fingerprint density at radius 3 is 2.33 bits per heavy atom. The standard InChI is InChI=1S/C28H33NO7/c1-3-4-5-6-7-8-9-10-11-19-12-13-20-14-15-21(25(32)22(20)18-19)26(34-2)27(29)28(33)35-23(30)16-17-24(31)36-28/h12-18,26-27,32-33H,3-9,29H2,1-2H3/t26-,27+/m1/s1. The fourth-order valence-corrected chi connectivity index (χ4v) is 4.09. The van der Waals surface area contributed by atoms with Crippen molar-refractivity contribution in [2.45, 2.75) is 70.0 Å². The molecule has 8 nitrogen and oxygen atoms in total. The monoisotopic (exact) mass is 495 g/mol. The smallest absolute Gasteiger partial charge is 0.393 e. The maximum absolute atomic E-state index is 11.8. The molecule has 0 bridgehead atoms. The van der Waals surface area contributed by atoms with Gasteiger partial charge in [0.15, 0.2) is 0 Å². The number of carbonyl (C=O) groups excluding carboxylic acids is 2. The summed E-state index contributed by atoms with van der Waals surface area (Å²) in [6.07, 6.45) is 8.47. The first kappa shape index (κ1) is 27.2. The summed E-state index contributed by atoms with van der Waals surface area (Å²) in [5.74, 6) is 1.38. The predicted molar refractivity (Wildman–Crippen MR) is 134 cm³/mol. The van der Waals surface area contributed by atoms with E-state index in [1.54, 1.807) is 18.2 Å². The van der Waals surface area contributed by atoms with Crippen LogP contribution < -0.4 is 5.73 Å². The Bertz CT molecular complexity index is 1160. The van der Waals surface area contributed by atoms with E-state index in [2.05, 4.69) is 18.8 Å². The number of methoxy groups -OCH3 is 1. The number of rotatable bonds is 10. The van der Waals surface area contributed by atoms with Crippen LogP contribution in [0.1, 0.15) is 69.1 Å². The van der Waals surface area contributed by atoms with Crippen LogP contribution in [0.25, 0.3) is 10.8 Å². The zero-order valence-electron chi connectivity index (χ0n) is 20.7. The molecule has 4 N–H and O–H groups in total. The lowest BCUT2D eigenvalue weighted by Gasteiger charge is -2.34. The van der Waals surface area contributed by atoms with Crippen LogP contribution in [0.2, 0.25) is 0 Å². The Morgan fingerprint density at radius 1 is 1.03 bits per heavy atom. The van der Waals surface area contributed by atoms with E-state index in [0.29, 0.717) is 5.39 Å². The SMILES string of the molecule is CCCCCCCCC#Cc1ccc2ccc([C@@H](OC)[C@H](N)C3(O)OC(=O)C=CC(=O)O3)c(O)c2c1. The largest absolute Gasteiger partial charge is 0.507 e. The van der Waals surface area contributed by atoms with Gasteiger partial charge in [0.2, 0.25) is 0 Å². The molecule has 0 fully saturated rings. The van der Waals surface area contributed by atoms with Crippen molar-refractivity contribution in [1.82, 2.24) is 0 Å². The van der Waals surface area contributed by atoms with E-state index < -0.39 is 30.1 Å². The van der Waals surface area contributed by atoms with Crippen molar-refractivity contribution in [3.05, 3.63) is 53.6 Å². The van der Waals surface area contributed by atoms with Crippen molar-refractivity contribution < 1.29 is 34.0 Å². The maximum atomic E-state index is 11.8. The molecule has 0 unspecified atom stereocenters. The number of unbranched alkanes of at least 4 members (excludes halogenated alkanes) is 6. The fourth-order valence-electron chi connectivity index (χ4n) is 4.09. The summed E-state index contributed by atoms with van der Waals surface area (Å²) < 4.78 is 15.1. The van der Waals surface area contributed by atoms with E-state index in [1.807, 2.05) is 12.1 Å². The van der Waals surface area contributed by atoms with E-state index in [1.165, 1.54) is 39.2 Å². The molecular formula is C28H33NO7. The van der Waals surface area contributed by atoms with E-state index in [4.69, 9.17) is 19.9 Å². The molecule has 1 aliphatic heterocycles. The van der Waals surface area contributed by atoms with E-state index in [-0.39, 0.29) is 11.3 Å². The zero-order valence-corrected chi connectivity index (χ0v) is 20.7. The minimum atomic E-state index is -2.80. The lowest BCUT2D eigenvalue weighted by Crippen LogP contribution is -2.56. The molecule has 0 saturated carbocycles. The average Bonchev–Trinajstić information content (AvgIpc) is 2.99. The third-order valence-electron chi connectivity index (χ3n) is 6.07. The van der Waals surface area contributed by atoms with Gasteiger partial charge in [-0.2, -0.15) is 0 Å². The molecule has 0 aromatic heterocycles. The number of carbonyl (C=O) groups is 2. The Morgan fingerprint density at radius 2 is 1.67 bits per heavy atom. The van der Waals surface area contributed by atoms with Crippen molar-refractivity contribution in [3.8, 4) is 17.6 Å². The zero-order chi connectivity index (χ0) is 26.1. The van der Waals surface area contributed by atoms with Crippen molar-refractivity contribution in [2.75, 3.05) is 7.11 Å². The summed E-state index contributed by atoms with van der Waals surface area (Å²) in [5, 5.41) is 23.1. The van der Waals surface area contributed by atoms with Crippen molar-refractivity contribution in [3.63, 3.8) is 0 Å². The second-order valence-electron chi connectivity index (χ2n) is 8.75. The van der Waals surface area contributed by atoms with Crippen LogP contribution in [0, 0.1) is 11.8 Å². The highest BCUT2D eigenvalue weighted by molar-refractivity contribution is 5.93. The van der Waals surface area contributed by atoms with Crippen molar-refractivity contribution in [1.29, 1.82) is 0 Å². The Kier molecular flexibility index (Phi) is 9.48. The number of aromatic hydroxyl groups is 1. The number of fused-ring (bicyclic) bond motifs is 1. The molecule has 0 aliphatic carbocycles. The summed E-state index contributed by atoms with van der Waals surface area (Å²) in [5.41, 5.74) is 7.11. The summed E-state index contributed by atoms with van der Waals surface area (Å²) in [6, 6.07) is 7.27. The van der Waals surface area contributed by atoms with Crippen LogP contribution in [0.15, 0.2) is 42.5 Å². The van der Waals surface area contributed by atoms with Crippen LogP contribution in [-0.4, -0.2) is 41.3 Å². The second kappa shape index (κ2) is 12.5. The highest BCUT2D eigenvalue weighted by Gasteiger charge is 2.49. The summed E-state index contributed by atoms with van der Waals surface area (Å²) >= 11 is 0. The second-order valence-corrected chi connectivity index (χ2v) is 8.75. The van der Waals surface area contributed by atoms with Gasteiger partial charge in [0.1, 0.15) is 17.9 Å². The first-order valence-electron chi connectivity index (χ1n) is 12.2. The predicted octanol–water partition coefficient (Wildman–Crippen LogP) is 3.96. The van der Waals surface area contributed by atoms with Gasteiger partial charge in [-0.1, -0.05) is 69.1 Å². The number of nitrogens with two attached hydrogens (primary N) is 1. The summed E-state index contributed by atoms with van der Waals surface area (Å²) in [7, 11) is 1.31. The third kappa shape index (κ3) is 6.64. The molecule has 3 rings (SSSR count). The van der Waals surface area contributed by atoms with Crippen molar-refractivity contribution in [2.24, 2.45) is 5.73 Å². The number of cyclic esters (lactones) is 2. The maximum Gasteiger partial charge on any atom is 0.393 e. The fraction of sp³-hybridized carbons (Fsp3) is 0.429. The number of hydrogen-bond donors (Lipinski definition) is 3. The number of benzene rings is 2. The molecule has 0 saturated heterocycles. The van der Waals surface area contributed by atoms with Crippen LogP contribution in [-0.2, 0) is 23.8 Å². The van der Waals surface area contributed by atoms with Gasteiger partial charge in [-0.15, -0.1) is 0 Å². The van der Waals surface area contributed by atoms with Gasteiger partial charge in [0, 0.05) is 42.2 Å². The van der Waals surface area contributed by atoms with Gasteiger partial charge in [-0.25, -0.2) is 9.59 Å². The van der Waals surface area contributed by atoms with Crippen LogP contribution in [0.4, 0.5) is 0 Å². The molecule has 36 heavy (non-hydrogen) atoms. The summed E-state index contributed by atoms with van der Waals surface area (Å²) in [4.78, 5) is 23.6. The average molecular weight is 496 g/mol. The van der Waals surface area contributed by atoms with E-state index in [9.17, 15) is 19.8 Å². The van der Waals surface area contributed by atoms with Gasteiger partial charge in [-0.05, 0) is 23.9 Å². The molecule has 2 aromatic rings. The van der Waals surface area contributed by atoms with Gasteiger partial charge in [-0.3, -0.25) is 0 Å². The first-order valence-corrected chi connectivity index (χ1v) is 12.2. The van der Waals surface area contributed by atoms with Crippen LogP contribution >= 0.6 is 0 Å². The molecule has 2 aromatic carbocycles. The number of phenolic OH excluding ortho intramolecular Hbond substituents is 1. The quantitative estimate of drug-likeness (QED) is 0.257. The molecule has 192 valence electrons. The number of phenols is 1. The Hall–Kier alpha value is -3.38. The Labute approximate surface area is 211 Å². The topological polar surface area (TPSA) is 128 Å². The highest BCUT2D eigenvalue weighted by atomic mass is 16.8. The third-order valence-corrected chi connectivity index (χ3v) is 6.07. The van der Waals surface area contributed by atoms with Crippen molar-refractivity contribution >= 4 is 22.7 Å². The minimum absolute atomic E-state index is 0.137. The minimum Gasteiger partial charge on any atom is -0.507 e. The molecule has 0 spiro atoms. The molecular weight excluding hydrogens is 462 g/mol. The van der Waals surface area contributed by atoms with Crippen LogP contribution in [0.5, 0.6) is 5.75 Å². The molecule has 0 radical (unpaired) electrons. The molecule has 2 atom stereocenters. The molecule has 8 heteroatoms. The Balaban J connectivity index is 1.81. The lowest BCUT2D eigenvalue weighted by molar-refractivity contribution is -0.338. The highest BCUT2D eigenvalue weighted by Crippen LogP contribution is 2.38. The number of esters is 2. The first-order chi connectivity index (χ1) is 17.3. The van der Waals surface area contributed by atoms with Gasteiger partial charge in [0.25, 0.3) is 0 Å². The van der Waals surface area contributed by atoms with Crippen LogP contribution in [0.3, 0.4) is 0 Å². The van der Waals surface area contributed by atoms with E-state index >= 15 is 0 Å². The molecule has 1 heterocycles. The van der Waals surface area contributed by atoms with E-state index in [0.717, 1.165) is 35.9 Å². The number of ether oxygens (including phenoxy) is 3. The van der Waals surface area contributed by atoms with Gasteiger partial charge < -0.3 is 30.2 Å². The molecule has 0 amide bonds. The molecule has 1 aliphatic rings. The van der Waals surface area contributed by atoms with Gasteiger partial charge in [0.05, 0.1) is 0 Å². The number of hydrogen-bond acceptors (Lipinski definition) is 8. The number of aliphatic hydroxyl groups is 1. The normalized spacial score (nSPS) is 16.4. The summed E-state index contributed by atoms with van der Waals surface area (Å²) in [6.45, 7) is 2.20.